The zero-order chi connectivity index (χ0) is 15.4. The highest BCUT2D eigenvalue weighted by atomic mass is 35.5. The van der Waals surface area contributed by atoms with Crippen LogP contribution in [0.25, 0.3) is 10.9 Å². The molecule has 0 bridgehead atoms. The first-order valence-corrected chi connectivity index (χ1v) is 7.64. The van der Waals surface area contributed by atoms with Crippen molar-refractivity contribution < 1.29 is 4.79 Å². The fraction of sp³-hybridized carbons (Fsp3) is 0.375. The molecule has 1 amide bonds. The Hall–Kier alpha value is -2.05. The van der Waals surface area contributed by atoms with Gasteiger partial charge in [-0.3, -0.25) is 15.1 Å². The molecule has 0 radical (unpaired) electrons. The Morgan fingerprint density at radius 2 is 2.04 bits per heavy atom. The number of guanidine groups is 1. The number of nitrogens with two attached hydrogens (primary N) is 1. The third-order valence-corrected chi connectivity index (χ3v) is 3.97. The fourth-order valence-corrected chi connectivity index (χ4v) is 2.80. The van der Waals surface area contributed by atoms with Crippen LogP contribution in [0.5, 0.6) is 0 Å². The Balaban J connectivity index is 0.00000192. The Morgan fingerprint density at radius 1 is 1.30 bits per heavy atom. The number of benzene rings is 1. The lowest BCUT2D eigenvalue weighted by Crippen LogP contribution is -2.37. The third kappa shape index (κ3) is 4.24. The van der Waals surface area contributed by atoms with E-state index < -0.39 is 0 Å². The lowest BCUT2D eigenvalue weighted by atomic mass is 10.1. The summed E-state index contributed by atoms with van der Waals surface area (Å²) in [7, 11) is 0. The molecule has 2 aromatic rings. The van der Waals surface area contributed by atoms with Gasteiger partial charge in [0.05, 0.1) is 12.1 Å². The number of aliphatic imine (C=N–C) groups is 1. The molecular formula is C16H22ClN5O. The van der Waals surface area contributed by atoms with Gasteiger partial charge >= 0.3 is 0 Å². The third-order valence-electron chi connectivity index (χ3n) is 3.97. The summed E-state index contributed by atoms with van der Waals surface area (Å²) in [6.45, 7) is 3.78. The van der Waals surface area contributed by atoms with Gasteiger partial charge in [-0.1, -0.05) is 18.2 Å². The van der Waals surface area contributed by atoms with Crippen molar-refractivity contribution >= 4 is 35.2 Å². The molecule has 0 spiro atoms. The van der Waals surface area contributed by atoms with Crippen LogP contribution in [0.3, 0.4) is 0 Å². The molecule has 0 saturated carbocycles. The number of H-pyrrole nitrogens is 1. The molecule has 1 aliphatic rings. The van der Waals surface area contributed by atoms with Crippen LogP contribution in [0.2, 0.25) is 0 Å². The molecule has 3 rings (SSSR count). The number of aromatic nitrogens is 1. The number of likely N-dealkylation sites (tertiary alicyclic amines) is 1. The first-order valence-electron chi connectivity index (χ1n) is 7.64. The summed E-state index contributed by atoms with van der Waals surface area (Å²) in [5.74, 6) is -0.0608. The van der Waals surface area contributed by atoms with Gasteiger partial charge < -0.3 is 15.6 Å². The quantitative estimate of drug-likeness (QED) is 0.587. The van der Waals surface area contributed by atoms with Crippen LogP contribution in [0.1, 0.15) is 23.2 Å². The Morgan fingerprint density at radius 3 is 2.83 bits per heavy atom. The van der Waals surface area contributed by atoms with E-state index in [1.165, 1.54) is 12.8 Å². The molecule has 1 saturated heterocycles. The zero-order valence-corrected chi connectivity index (χ0v) is 13.7. The van der Waals surface area contributed by atoms with Crippen molar-refractivity contribution in [3.8, 4) is 0 Å². The predicted octanol–water partition coefficient (Wildman–Crippen LogP) is 1.73. The second-order valence-corrected chi connectivity index (χ2v) is 5.52. The number of nitrogens with zero attached hydrogens (tertiary/aromatic N) is 2. The Bertz CT molecular complexity index is 691. The number of hydrogen-bond donors (Lipinski definition) is 3. The normalized spacial score (nSPS) is 15.6. The van der Waals surface area contributed by atoms with Gasteiger partial charge in [-0.15, -0.1) is 12.4 Å². The number of hydrogen-bond acceptors (Lipinski definition) is 3. The highest BCUT2D eigenvalue weighted by Gasteiger charge is 2.13. The number of nitrogens with one attached hydrogen (secondary N) is 2. The summed E-state index contributed by atoms with van der Waals surface area (Å²) in [6, 6.07) is 7.66. The molecule has 23 heavy (non-hydrogen) atoms. The minimum atomic E-state index is -0.236. The van der Waals surface area contributed by atoms with Crippen LogP contribution < -0.4 is 11.1 Å². The summed E-state index contributed by atoms with van der Waals surface area (Å²) in [5, 5.41) is 3.53. The maximum atomic E-state index is 12.2. The first-order chi connectivity index (χ1) is 10.7. The lowest BCUT2D eigenvalue weighted by molar-refractivity contribution is 0.0978. The van der Waals surface area contributed by atoms with Gasteiger partial charge in [0.1, 0.15) is 0 Å². The monoisotopic (exact) mass is 335 g/mol. The van der Waals surface area contributed by atoms with Gasteiger partial charge in [0.2, 0.25) is 0 Å². The van der Waals surface area contributed by atoms with Crippen molar-refractivity contribution in [2.75, 3.05) is 26.2 Å². The van der Waals surface area contributed by atoms with E-state index in [1.54, 1.807) is 6.20 Å². The minimum absolute atomic E-state index is 0. The summed E-state index contributed by atoms with van der Waals surface area (Å²) >= 11 is 0. The standard InChI is InChI=1S/C16H21N5O.ClH/c17-16(18-7-10-21-8-3-4-9-21)20-15(22)13-11-19-14-6-2-1-5-12(13)14;/h1-2,5-6,11,19H,3-4,7-10H2,(H3,17,18,20,22);1H. The first kappa shape index (κ1) is 17.3. The lowest BCUT2D eigenvalue weighted by Gasteiger charge is -2.12. The van der Waals surface area contributed by atoms with E-state index >= 15 is 0 Å². The molecule has 1 fully saturated rings. The van der Waals surface area contributed by atoms with Gasteiger partial charge in [-0.2, -0.15) is 0 Å². The van der Waals surface area contributed by atoms with E-state index in [2.05, 4.69) is 20.2 Å². The highest BCUT2D eigenvalue weighted by molar-refractivity contribution is 6.12. The molecule has 2 heterocycles. The van der Waals surface area contributed by atoms with Crippen LogP contribution in [-0.4, -0.2) is 47.9 Å². The highest BCUT2D eigenvalue weighted by Crippen LogP contribution is 2.17. The van der Waals surface area contributed by atoms with Crippen LogP contribution in [0.15, 0.2) is 35.5 Å². The smallest absolute Gasteiger partial charge is 0.260 e. The number of amides is 1. The van der Waals surface area contributed by atoms with E-state index in [4.69, 9.17) is 5.73 Å². The molecule has 0 atom stereocenters. The number of halogens is 1. The largest absolute Gasteiger partial charge is 0.370 e. The SMILES string of the molecule is Cl.NC(=NCCN1CCCC1)NC(=O)c1c[nH]c2ccccc12. The number of carbonyl (C=O) groups is 1. The molecule has 4 N–H and O–H groups in total. The van der Waals surface area contributed by atoms with E-state index in [1.807, 2.05) is 24.3 Å². The van der Waals surface area contributed by atoms with Crippen molar-refractivity contribution in [3.05, 3.63) is 36.0 Å². The molecule has 6 nitrogen and oxygen atoms in total. The summed E-state index contributed by atoms with van der Waals surface area (Å²) in [5.41, 5.74) is 7.30. The topological polar surface area (TPSA) is 86.5 Å². The second-order valence-electron chi connectivity index (χ2n) is 5.52. The van der Waals surface area contributed by atoms with Gasteiger partial charge in [-0.25, -0.2) is 0 Å². The van der Waals surface area contributed by atoms with Gasteiger partial charge in [0, 0.05) is 23.6 Å². The Kier molecular flexibility index (Phi) is 6.01. The van der Waals surface area contributed by atoms with Crippen LogP contribution in [-0.2, 0) is 0 Å². The fourth-order valence-electron chi connectivity index (χ4n) is 2.80. The van der Waals surface area contributed by atoms with Crippen molar-refractivity contribution in [1.29, 1.82) is 0 Å². The molecule has 0 unspecified atom stereocenters. The van der Waals surface area contributed by atoms with Crippen LogP contribution in [0.4, 0.5) is 0 Å². The Labute approximate surface area is 141 Å². The van der Waals surface area contributed by atoms with E-state index in [0.717, 1.165) is 30.5 Å². The molecule has 7 heteroatoms. The maximum absolute atomic E-state index is 12.2. The predicted molar refractivity (Wildman–Crippen MR) is 95.2 cm³/mol. The maximum Gasteiger partial charge on any atom is 0.260 e. The molecule has 0 aliphatic carbocycles. The van der Waals surface area contributed by atoms with Crippen molar-refractivity contribution in [1.82, 2.24) is 15.2 Å². The van der Waals surface area contributed by atoms with Crippen LogP contribution in [0, 0.1) is 0 Å². The molecular weight excluding hydrogens is 314 g/mol. The van der Waals surface area contributed by atoms with E-state index in [-0.39, 0.29) is 24.3 Å². The van der Waals surface area contributed by atoms with Gasteiger partial charge in [0.15, 0.2) is 5.96 Å². The average Bonchev–Trinajstić information content (AvgIpc) is 3.16. The minimum Gasteiger partial charge on any atom is -0.370 e. The van der Waals surface area contributed by atoms with Crippen molar-refractivity contribution in [2.45, 2.75) is 12.8 Å². The van der Waals surface area contributed by atoms with Gasteiger partial charge in [-0.05, 0) is 32.0 Å². The summed E-state index contributed by atoms with van der Waals surface area (Å²) in [4.78, 5) is 21.9. The molecule has 1 aliphatic heterocycles. The number of carbonyl (C=O) groups excluding carboxylic acids is 1. The molecule has 124 valence electrons. The second kappa shape index (κ2) is 7.99. The van der Waals surface area contributed by atoms with Crippen LogP contribution >= 0.6 is 12.4 Å². The van der Waals surface area contributed by atoms with E-state index in [9.17, 15) is 4.79 Å². The number of fused-ring (bicyclic) bond motifs is 1. The number of aromatic amines is 1. The molecule has 1 aromatic carbocycles. The van der Waals surface area contributed by atoms with Gasteiger partial charge in [0.25, 0.3) is 5.91 Å². The summed E-state index contributed by atoms with van der Waals surface area (Å²) < 4.78 is 0. The average molecular weight is 336 g/mol. The van der Waals surface area contributed by atoms with Crippen molar-refractivity contribution in [2.24, 2.45) is 10.7 Å². The van der Waals surface area contributed by atoms with E-state index in [0.29, 0.717) is 12.1 Å². The zero-order valence-electron chi connectivity index (χ0n) is 12.9. The van der Waals surface area contributed by atoms with Crippen molar-refractivity contribution in [3.63, 3.8) is 0 Å². The molecule has 1 aromatic heterocycles. The number of rotatable bonds is 4. The summed E-state index contributed by atoms with van der Waals surface area (Å²) in [6.07, 6.45) is 4.21. The number of para-hydroxylation sites is 1.